The second-order valence-corrected chi connectivity index (χ2v) is 6.91. The molecule has 8 heteroatoms. The Balaban J connectivity index is 1.74. The van der Waals surface area contributed by atoms with Crippen LogP contribution in [0.5, 0.6) is 0 Å². The van der Waals surface area contributed by atoms with Crippen LogP contribution in [0, 0.1) is 0 Å². The highest BCUT2D eigenvalue weighted by Gasteiger charge is 2.30. The average molecular weight is 429 g/mol. The van der Waals surface area contributed by atoms with Crippen molar-refractivity contribution in [2.45, 2.75) is 19.5 Å². The van der Waals surface area contributed by atoms with E-state index in [2.05, 4.69) is 28.4 Å². The van der Waals surface area contributed by atoms with Gasteiger partial charge in [0.1, 0.15) is 11.7 Å². The normalized spacial score (nSPS) is 12.4. The quantitative estimate of drug-likeness (QED) is 0.283. The third-order valence-corrected chi connectivity index (χ3v) is 4.64. The van der Waals surface area contributed by atoms with E-state index in [4.69, 9.17) is 0 Å². The van der Waals surface area contributed by atoms with E-state index < -0.39 is 23.5 Å². The zero-order valence-corrected chi connectivity index (χ0v) is 16.6. The van der Waals surface area contributed by atoms with Gasteiger partial charge in [-0.2, -0.15) is 13.2 Å². The molecule has 0 radical (unpaired) electrons. The standard InChI is InChI=1S/C23H19F4N3O/c1-4-13(2)21(14(3)24)22(31)28-17-8-5-15(6-9-17)11-20-29-18-10-7-16(23(25,26)27)12-19(18)30-20/h4-10,12H,1,3,11H2,2H3,(H,28,31)(H,29,30)/b21-13+. The lowest BCUT2D eigenvalue weighted by Gasteiger charge is -2.09. The van der Waals surface area contributed by atoms with E-state index in [-0.39, 0.29) is 5.57 Å². The van der Waals surface area contributed by atoms with Crippen molar-refractivity contribution in [1.29, 1.82) is 0 Å². The summed E-state index contributed by atoms with van der Waals surface area (Å²) >= 11 is 0. The van der Waals surface area contributed by atoms with Gasteiger partial charge in [-0.1, -0.05) is 31.4 Å². The van der Waals surface area contributed by atoms with Gasteiger partial charge in [0.05, 0.1) is 22.2 Å². The SMILES string of the molecule is C=C/C(C)=C(\C(=C)F)C(=O)Nc1ccc(Cc2nc3ccc(C(F)(F)F)cc3[nH]2)cc1. The number of alkyl halides is 3. The number of hydrogen-bond acceptors (Lipinski definition) is 2. The molecule has 160 valence electrons. The first kappa shape index (κ1) is 22.0. The summed E-state index contributed by atoms with van der Waals surface area (Å²) in [6.45, 7) is 8.26. The van der Waals surface area contributed by atoms with Crippen molar-refractivity contribution < 1.29 is 22.4 Å². The number of nitrogens with one attached hydrogen (secondary N) is 2. The van der Waals surface area contributed by atoms with E-state index in [0.717, 1.165) is 17.7 Å². The lowest BCUT2D eigenvalue weighted by atomic mass is 10.1. The van der Waals surface area contributed by atoms with Crippen LogP contribution < -0.4 is 5.32 Å². The molecule has 0 aliphatic carbocycles. The van der Waals surface area contributed by atoms with Crippen molar-refractivity contribution in [3.63, 3.8) is 0 Å². The number of rotatable bonds is 6. The van der Waals surface area contributed by atoms with E-state index in [1.54, 1.807) is 31.2 Å². The summed E-state index contributed by atoms with van der Waals surface area (Å²) in [4.78, 5) is 19.5. The largest absolute Gasteiger partial charge is 0.416 e. The molecule has 0 bridgehead atoms. The number of anilines is 1. The molecule has 0 aliphatic rings. The molecule has 0 spiro atoms. The van der Waals surface area contributed by atoms with E-state index >= 15 is 0 Å². The van der Waals surface area contributed by atoms with E-state index in [0.29, 0.717) is 34.5 Å². The summed E-state index contributed by atoms with van der Waals surface area (Å²) in [6.07, 6.45) is -2.70. The smallest absolute Gasteiger partial charge is 0.342 e. The van der Waals surface area contributed by atoms with Crippen molar-refractivity contribution in [3.05, 3.63) is 95.6 Å². The number of carbonyl (C=O) groups excluding carboxylic acids is 1. The van der Waals surface area contributed by atoms with Gasteiger partial charge < -0.3 is 10.3 Å². The van der Waals surface area contributed by atoms with Gasteiger partial charge in [-0.15, -0.1) is 0 Å². The fourth-order valence-corrected chi connectivity index (χ4v) is 3.03. The number of hydrogen-bond donors (Lipinski definition) is 2. The summed E-state index contributed by atoms with van der Waals surface area (Å²) in [7, 11) is 0. The minimum Gasteiger partial charge on any atom is -0.342 e. The van der Waals surface area contributed by atoms with Crippen LogP contribution in [0.2, 0.25) is 0 Å². The Kier molecular flexibility index (Phi) is 6.10. The minimum atomic E-state index is -4.42. The number of halogens is 4. The first-order valence-corrected chi connectivity index (χ1v) is 9.22. The van der Waals surface area contributed by atoms with Crippen LogP contribution in [0.15, 0.2) is 78.7 Å². The van der Waals surface area contributed by atoms with Gasteiger partial charge in [0.25, 0.3) is 5.91 Å². The molecule has 1 amide bonds. The number of fused-ring (bicyclic) bond motifs is 1. The minimum absolute atomic E-state index is 0.181. The maximum atomic E-state index is 13.6. The molecule has 0 aliphatic heterocycles. The number of imidazole rings is 1. The van der Waals surface area contributed by atoms with Gasteiger partial charge >= 0.3 is 6.18 Å². The van der Waals surface area contributed by atoms with Crippen molar-refractivity contribution in [2.75, 3.05) is 5.32 Å². The molecule has 0 saturated carbocycles. The summed E-state index contributed by atoms with van der Waals surface area (Å²) in [6, 6.07) is 10.1. The Morgan fingerprint density at radius 2 is 1.87 bits per heavy atom. The summed E-state index contributed by atoms with van der Waals surface area (Å²) in [5.41, 5.74) is 1.45. The summed E-state index contributed by atoms with van der Waals surface area (Å²) < 4.78 is 52.2. The van der Waals surface area contributed by atoms with Crippen LogP contribution in [0.4, 0.5) is 23.2 Å². The lowest BCUT2D eigenvalue weighted by Crippen LogP contribution is -2.16. The van der Waals surface area contributed by atoms with Gasteiger partial charge in [-0.05, 0) is 48.4 Å². The number of benzene rings is 2. The number of H-pyrrole nitrogens is 1. The van der Waals surface area contributed by atoms with Crippen LogP contribution in [0.1, 0.15) is 23.9 Å². The molecule has 0 unspecified atom stereocenters. The molecule has 2 N–H and O–H groups in total. The van der Waals surface area contributed by atoms with Crippen LogP contribution in [-0.4, -0.2) is 15.9 Å². The molecule has 31 heavy (non-hydrogen) atoms. The molecule has 1 heterocycles. The summed E-state index contributed by atoms with van der Waals surface area (Å²) in [5, 5.41) is 2.60. The molecule has 2 aromatic carbocycles. The molecule has 0 fully saturated rings. The van der Waals surface area contributed by atoms with Gasteiger partial charge in [-0.25, -0.2) is 9.37 Å². The topological polar surface area (TPSA) is 57.8 Å². The average Bonchev–Trinajstić information content (AvgIpc) is 3.10. The first-order valence-electron chi connectivity index (χ1n) is 9.22. The van der Waals surface area contributed by atoms with Crippen LogP contribution in [0.3, 0.4) is 0 Å². The fourth-order valence-electron chi connectivity index (χ4n) is 3.03. The summed E-state index contributed by atoms with van der Waals surface area (Å²) in [5.74, 6) is -0.993. The number of aromatic nitrogens is 2. The first-order chi connectivity index (χ1) is 14.6. The fraction of sp³-hybridized carbons (Fsp3) is 0.130. The van der Waals surface area contributed by atoms with Crippen LogP contribution >= 0.6 is 0 Å². The number of amides is 1. The third kappa shape index (κ3) is 5.09. The highest BCUT2D eigenvalue weighted by atomic mass is 19.4. The molecule has 4 nitrogen and oxygen atoms in total. The van der Waals surface area contributed by atoms with Crippen molar-refractivity contribution in [2.24, 2.45) is 0 Å². The maximum Gasteiger partial charge on any atom is 0.416 e. The predicted molar refractivity (Wildman–Crippen MR) is 112 cm³/mol. The molecule has 3 aromatic rings. The molecule has 3 rings (SSSR count). The highest BCUT2D eigenvalue weighted by molar-refractivity contribution is 6.07. The van der Waals surface area contributed by atoms with Gasteiger partial charge in [0.2, 0.25) is 0 Å². The lowest BCUT2D eigenvalue weighted by molar-refractivity contribution is -0.137. The second kappa shape index (κ2) is 8.59. The Bertz CT molecular complexity index is 1190. The number of nitrogens with zero attached hydrogens (tertiary/aromatic N) is 1. The number of aromatic amines is 1. The Hall–Kier alpha value is -3.68. The molecule has 0 saturated heterocycles. The van der Waals surface area contributed by atoms with Gasteiger partial charge in [-0.3, -0.25) is 4.79 Å². The third-order valence-electron chi connectivity index (χ3n) is 4.64. The predicted octanol–water partition coefficient (Wildman–Crippen LogP) is 6.10. The second-order valence-electron chi connectivity index (χ2n) is 6.91. The Morgan fingerprint density at radius 3 is 2.45 bits per heavy atom. The van der Waals surface area contributed by atoms with Crippen molar-refractivity contribution in [1.82, 2.24) is 9.97 Å². The molecular weight excluding hydrogens is 410 g/mol. The molecule has 1 aromatic heterocycles. The van der Waals surface area contributed by atoms with Crippen LogP contribution in [-0.2, 0) is 17.4 Å². The molecular formula is C23H19F4N3O. The van der Waals surface area contributed by atoms with Crippen LogP contribution in [0.25, 0.3) is 11.0 Å². The Morgan fingerprint density at radius 1 is 1.19 bits per heavy atom. The van der Waals surface area contributed by atoms with Gasteiger partial charge in [0, 0.05) is 12.1 Å². The van der Waals surface area contributed by atoms with Crippen molar-refractivity contribution in [3.8, 4) is 0 Å². The maximum absolute atomic E-state index is 13.6. The highest BCUT2D eigenvalue weighted by Crippen LogP contribution is 2.31. The van der Waals surface area contributed by atoms with E-state index in [9.17, 15) is 22.4 Å². The number of carbonyl (C=O) groups is 1. The zero-order chi connectivity index (χ0) is 22.8. The van der Waals surface area contributed by atoms with Gasteiger partial charge in [0.15, 0.2) is 0 Å². The molecule has 0 atom stereocenters. The zero-order valence-electron chi connectivity index (χ0n) is 16.6. The van der Waals surface area contributed by atoms with E-state index in [1.165, 1.54) is 12.1 Å². The van der Waals surface area contributed by atoms with Crippen molar-refractivity contribution >= 4 is 22.6 Å². The Labute approximate surface area is 176 Å². The number of allylic oxidation sites excluding steroid dienone is 2. The monoisotopic (exact) mass is 429 g/mol. The van der Waals surface area contributed by atoms with E-state index in [1.807, 2.05) is 0 Å².